The van der Waals surface area contributed by atoms with Crippen LogP contribution in [0.15, 0.2) is 53.4 Å². The highest BCUT2D eigenvalue weighted by Crippen LogP contribution is 2.19. The van der Waals surface area contributed by atoms with Crippen molar-refractivity contribution in [1.29, 1.82) is 0 Å². The smallest absolute Gasteiger partial charge is 0.338 e. The first-order valence-electron chi connectivity index (χ1n) is 7.79. The molecule has 0 fully saturated rings. The van der Waals surface area contributed by atoms with Crippen molar-refractivity contribution in [2.24, 2.45) is 0 Å². The number of carbonyl (C=O) groups excluding carboxylic acids is 2. The Labute approximate surface area is 146 Å². The van der Waals surface area contributed by atoms with Crippen molar-refractivity contribution < 1.29 is 22.7 Å². The molecular weight excluding hydrogens is 342 g/mol. The number of hydrogen-bond acceptors (Lipinski definition) is 5. The maximum Gasteiger partial charge on any atom is 0.338 e. The minimum absolute atomic E-state index is 0.00172. The van der Waals surface area contributed by atoms with Gasteiger partial charge in [0.25, 0.3) is 5.91 Å². The lowest BCUT2D eigenvalue weighted by atomic mass is 10.2. The summed E-state index contributed by atoms with van der Waals surface area (Å²) in [5.41, 5.74) is 0.898. The van der Waals surface area contributed by atoms with Crippen LogP contribution in [0.2, 0.25) is 0 Å². The van der Waals surface area contributed by atoms with Gasteiger partial charge in [-0.15, -0.1) is 0 Å². The van der Waals surface area contributed by atoms with Gasteiger partial charge in [0.15, 0.2) is 9.84 Å². The van der Waals surface area contributed by atoms with E-state index in [0.29, 0.717) is 11.3 Å². The van der Waals surface area contributed by atoms with E-state index in [2.05, 4.69) is 5.32 Å². The van der Waals surface area contributed by atoms with Crippen molar-refractivity contribution in [3.05, 3.63) is 59.7 Å². The fourth-order valence-corrected chi connectivity index (χ4v) is 3.28. The fourth-order valence-electron chi connectivity index (χ4n) is 2.18. The molecule has 0 aliphatic carbocycles. The molecule has 0 atom stereocenters. The predicted octanol–water partition coefficient (Wildman–Crippen LogP) is 2.91. The van der Waals surface area contributed by atoms with Gasteiger partial charge >= 0.3 is 5.97 Å². The van der Waals surface area contributed by atoms with Crippen LogP contribution in [0.5, 0.6) is 0 Å². The molecule has 0 spiro atoms. The van der Waals surface area contributed by atoms with Gasteiger partial charge in [0.1, 0.15) is 0 Å². The molecule has 0 unspecified atom stereocenters. The van der Waals surface area contributed by atoms with Crippen LogP contribution in [0.1, 0.15) is 34.6 Å². The van der Waals surface area contributed by atoms with Crippen LogP contribution in [0, 0.1) is 0 Å². The van der Waals surface area contributed by atoms with Crippen LogP contribution < -0.4 is 5.32 Å². The van der Waals surface area contributed by atoms with Gasteiger partial charge in [0.2, 0.25) is 0 Å². The number of hydrogen-bond donors (Lipinski definition) is 1. The molecule has 0 saturated heterocycles. The Morgan fingerprint density at radius 3 is 2.24 bits per heavy atom. The van der Waals surface area contributed by atoms with Crippen LogP contribution >= 0.6 is 0 Å². The van der Waals surface area contributed by atoms with E-state index in [9.17, 15) is 18.0 Å². The van der Waals surface area contributed by atoms with Crippen LogP contribution in [0.4, 0.5) is 5.69 Å². The highest BCUT2D eigenvalue weighted by Gasteiger charge is 2.20. The topological polar surface area (TPSA) is 89.5 Å². The number of benzene rings is 2. The molecule has 25 heavy (non-hydrogen) atoms. The molecule has 2 rings (SSSR count). The minimum atomic E-state index is -3.51. The summed E-state index contributed by atoms with van der Waals surface area (Å²) in [4.78, 5) is 24.1. The molecule has 2 aromatic carbocycles. The van der Waals surface area contributed by atoms with Gasteiger partial charge in [-0.05, 0) is 43.3 Å². The Kier molecular flexibility index (Phi) is 5.93. The van der Waals surface area contributed by atoms with Crippen LogP contribution in [-0.4, -0.2) is 32.7 Å². The van der Waals surface area contributed by atoms with E-state index in [4.69, 9.17) is 4.74 Å². The quantitative estimate of drug-likeness (QED) is 0.799. The van der Waals surface area contributed by atoms with Gasteiger partial charge in [0, 0.05) is 5.69 Å². The minimum Gasteiger partial charge on any atom is -0.462 e. The highest BCUT2D eigenvalue weighted by atomic mass is 32.2. The number of carbonyl (C=O) groups is 2. The summed E-state index contributed by atoms with van der Waals surface area (Å²) in [6, 6.07) is 12.2. The van der Waals surface area contributed by atoms with Gasteiger partial charge < -0.3 is 10.1 Å². The molecule has 2 aromatic rings. The summed E-state index contributed by atoms with van der Waals surface area (Å²) < 4.78 is 29.1. The number of nitrogens with one attached hydrogen (secondary N) is 1. The summed E-state index contributed by atoms with van der Waals surface area (Å²) in [5, 5.41) is 2.64. The Hall–Kier alpha value is -2.67. The number of anilines is 1. The molecule has 6 nitrogen and oxygen atoms in total. The summed E-state index contributed by atoms with van der Waals surface area (Å²) in [6.07, 6.45) is 0. The van der Waals surface area contributed by atoms with E-state index in [0.717, 1.165) is 0 Å². The molecule has 0 bridgehead atoms. The molecular formula is C18H19NO5S. The number of amides is 1. The Bertz CT molecular complexity index is 873. The zero-order valence-corrected chi connectivity index (χ0v) is 14.8. The average molecular weight is 361 g/mol. The van der Waals surface area contributed by atoms with Gasteiger partial charge in [-0.1, -0.05) is 19.1 Å². The van der Waals surface area contributed by atoms with Crippen molar-refractivity contribution >= 4 is 27.4 Å². The Balaban J connectivity index is 2.22. The second kappa shape index (κ2) is 7.94. The third-order valence-corrected chi connectivity index (χ3v) is 5.29. The number of sulfone groups is 1. The second-order valence-corrected chi connectivity index (χ2v) is 7.40. The lowest BCUT2D eigenvalue weighted by molar-refractivity contribution is 0.0526. The third kappa shape index (κ3) is 4.45. The van der Waals surface area contributed by atoms with Crippen molar-refractivity contribution in [3.8, 4) is 0 Å². The number of rotatable bonds is 6. The molecule has 0 radical (unpaired) electrons. The molecule has 1 amide bonds. The Morgan fingerprint density at radius 1 is 1.00 bits per heavy atom. The lowest BCUT2D eigenvalue weighted by Gasteiger charge is -2.10. The first kappa shape index (κ1) is 18.7. The van der Waals surface area contributed by atoms with E-state index in [1.165, 1.54) is 31.2 Å². The van der Waals surface area contributed by atoms with Crippen molar-refractivity contribution in [3.63, 3.8) is 0 Å². The number of esters is 1. The summed E-state index contributed by atoms with van der Waals surface area (Å²) in [7, 11) is -3.51. The zero-order valence-electron chi connectivity index (χ0n) is 14.0. The van der Waals surface area contributed by atoms with E-state index in [1.54, 1.807) is 31.2 Å². The first-order chi connectivity index (χ1) is 11.9. The fraction of sp³-hybridized carbons (Fsp3) is 0.222. The molecule has 7 heteroatoms. The van der Waals surface area contributed by atoms with Crippen molar-refractivity contribution in [2.45, 2.75) is 18.7 Å². The largest absolute Gasteiger partial charge is 0.462 e. The standard InChI is InChI=1S/C18H19NO5S/c1-3-24-18(21)13-9-11-14(12-10-13)19-17(20)15-7-5-6-8-16(15)25(22,23)4-2/h5-12H,3-4H2,1-2H3,(H,19,20). The molecule has 0 saturated carbocycles. The molecule has 1 N–H and O–H groups in total. The first-order valence-corrected chi connectivity index (χ1v) is 9.44. The summed E-state index contributed by atoms with van der Waals surface area (Å²) >= 11 is 0. The average Bonchev–Trinajstić information content (AvgIpc) is 2.62. The van der Waals surface area contributed by atoms with Gasteiger partial charge in [0.05, 0.1) is 28.4 Å². The molecule has 0 aliphatic heterocycles. The van der Waals surface area contributed by atoms with E-state index in [-0.39, 0.29) is 22.8 Å². The van der Waals surface area contributed by atoms with Gasteiger partial charge in [-0.2, -0.15) is 0 Å². The predicted molar refractivity (Wildman–Crippen MR) is 94.5 cm³/mol. The van der Waals surface area contributed by atoms with Gasteiger partial charge in [-0.3, -0.25) is 4.79 Å². The highest BCUT2D eigenvalue weighted by molar-refractivity contribution is 7.91. The van der Waals surface area contributed by atoms with Crippen LogP contribution in [0.25, 0.3) is 0 Å². The second-order valence-electron chi connectivity index (χ2n) is 5.15. The SMILES string of the molecule is CCOC(=O)c1ccc(NC(=O)c2ccccc2S(=O)(=O)CC)cc1. The van der Waals surface area contributed by atoms with Crippen LogP contribution in [0.3, 0.4) is 0 Å². The molecule has 0 heterocycles. The van der Waals surface area contributed by atoms with Crippen LogP contribution in [-0.2, 0) is 14.6 Å². The Morgan fingerprint density at radius 2 is 1.64 bits per heavy atom. The normalized spacial score (nSPS) is 11.0. The molecule has 0 aromatic heterocycles. The molecule has 132 valence electrons. The molecule has 0 aliphatic rings. The number of ether oxygens (including phenoxy) is 1. The third-order valence-electron chi connectivity index (χ3n) is 3.50. The summed E-state index contributed by atoms with van der Waals surface area (Å²) in [6.45, 7) is 3.52. The van der Waals surface area contributed by atoms with Crippen molar-refractivity contribution in [1.82, 2.24) is 0 Å². The zero-order chi connectivity index (χ0) is 18.4. The van der Waals surface area contributed by atoms with E-state index < -0.39 is 21.7 Å². The summed E-state index contributed by atoms with van der Waals surface area (Å²) in [5.74, 6) is -1.07. The lowest BCUT2D eigenvalue weighted by Crippen LogP contribution is -2.17. The van der Waals surface area contributed by atoms with E-state index in [1.807, 2.05) is 0 Å². The van der Waals surface area contributed by atoms with E-state index >= 15 is 0 Å². The monoisotopic (exact) mass is 361 g/mol. The van der Waals surface area contributed by atoms with Crippen molar-refractivity contribution in [2.75, 3.05) is 17.7 Å². The maximum absolute atomic E-state index is 12.5. The maximum atomic E-state index is 12.5. The van der Waals surface area contributed by atoms with Gasteiger partial charge in [-0.25, -0.2) is 13.2 Å².